The van der Waals surface area contributed by atoms with Gasteiger partial charge in [-0.1, -0.05) is 37.0 Å². The second kappa shape index (κ2) is 6.03. The third kappa shape index (κ3) is 2.61. The van der Waals surface area contributed by atoms with Crippen molar-refractivity contribution >= 4 is 34.1 Å². The fourth-order valence-corrected chi connectivity index (χ4v) is 3.20. The summed E-state index contributed by atoms with van der Waals surface area (Å²) in [6.45, 7) is 5.83. The number of aromatic nitrogens is 4. The molecule has 0 aliphatic rings. The topological polar surface area (TPSA) is 80.6 Å². The van der Waals surface area contributed by atoms with Crippen LogP contribution in [0, 0.1) is 6.92 Å². The fourth-order valence-electron chi connectivity index (χ4n) is 2.69. The van der Waals surface area contributed by atoms with Gasteiger partial charge in [-0.15, -0.1) is 0 Å². The van der Waals surface area contributed by atoms with Gasteiger partial charge in [-0.2, -0.15) is 0 Å². The molecule has 0 aliphatic heterocycles. The molecule has 124 valence electrons. The third-order valence-corrected chi connectivity index (χ3v) is 4.21. The Balaban J connectivity index is 2.59. The molecule has 3 aromatic heterocycles. The molecule has 0 unspecified atom stereocenters. The van der Waals surface area contributed by atoms with Gasteiger partial charge in [0.2, 0.25) is 0 Å². The molecule has 3 rings (SSSR count). The molecule has 24 heavy (non-hydrogen) atoms. The van der Waals surface area contributed by atoms with Crippen LogP contribution in [0.2, 0.25) is 10.3 Å². The van der Waals surface area contributed by atoms with E-state index in [1.807, 2.05) is 20.8 Å². The summed E-state index contributed by atoms with van der Waals surface area (Å²) in [5, 5.41) is 0.151. The molecular formula is C16H14Cl2N4O2. The van der Waals surface area contributed by atoms with Crippen LogP contribution in [0.4, 0.5) is 0 Å². The second-order valence-corrected chi connectivity index (χ2v) is 6.49. The number of fused-ring (bicyclic) bond motifs is 1. The first-order chi connectivity index (χ1) is 11.3. The highest BCUT2D eigenvalue weighted by Gasteiger charge is 2.19. The van der Waals surface area contributed by atoms with Crippen molar-refractivity contribution in [2.75, 3.05) is 0 Å². The van der Waals surface area contributed by atoms with Crippen LogP contribution in [-0.4, -0.2) is 19.5 Å². The van der Waals surface area contributed by atoms with E-state index >= 15 is 0 Å². The maximum Gasteiger partial charge on any atom is 0.333 e. The highest BCUT2D eigenvalue weighted by molar-refractivity contribution is 6.36. The van der Waals surface area contributed by atoms with Crippen molar-refractivity contribution in [1.29, 1.82) is 0 Å². The summed E-state index contributed by atoms with van der Waals surface area (Å²) >= 11 is 12.1. The van der Waals surface area contributed by atoms with E-state index in [2.05, 4.69) is 15.0 Å². The molecule has 1 N–H and O–H groups in total. The first kappa shape index (κ1) is 16.7. The fraction of sp³-hybridized carbons (Fsp3) is 0.250. The molecule has 0 saturated carbocycles. The number of nitrogens with zero attached hydrogens (tertiary/aromatic N) is 3. The van der Waals surface area contributed by atoms with Gasteiger partial charge in [-0.05, 0) is 24.5 Å². The van der Waals surface area contributed by atoms with Crippen LogP contribution in [0.25, 0.3) is 16.6 Å². The number of hydrogen-bond acceptors (Lipinski definition) is 4. The Morgan fingerprint density at radius 2 is 1.96 bits per heavy atom. The lowest BCUT2D eigenvalue weighted by Crippen LogP contribution is -2.31. The quantitative estimate of drug-likeness (QED) is 0.707. The van der Waals surface area contributed by atoms with E-state index < -0.39 is 11.2 Å². The number of halogens is 2. The van der Waals surface area contributed by atoms with E-state index in [1.54, 1.807) is 12.3 Å². The Labute approximate surface area is 147 Å². The SMILES string of the molecule is Cc1ccnc(C(C)C)c1-n1c(=O)[nH]c(=O)c2c(Cl)nc(Cl)cc21. The Morgan fingerprint density at radius 3 is 2.62 bits per heavy atom. The molecule has 3 heterocycles. The molecule has 0 fully saturated rings. The highest BCUT2D eigenvalue weighted by atomic mass is 35.5. The Hall–Kier alpha value is -2.18. The van der Waals surface area contributed by atoms with Gasteiger partial charge in [0.15, 0.2) is 0 Å². The van der Waals surface area contributed by atoms with Crippen molar-refractivity contribution in [1.82, 2.24) is 19.5 Å². The summed E-state index contributed by atoms with van der Waals surface area (Å²) in [5.74, 6) is 0.0709. The van der Waals surface area contributed by atoms with E-state index in [9.17, 15) is 9.59 Å². The van der Waals surface area contributed by atoms with Crippen LogP contribution in [0.5, 0.6) is 0 Å². The highest BCUT2D eigenvalue weighted by Crippen LogP contribution is 2.27. The Bertz CT molecular complexity index is 1070. The number of pyridine rings is 2. The summed E-state index contributed by atoms with van der Waals surface area (Å²) in [6, 6.07) is 3.25. The zero-order valence-electron chi connectivity index (χ0n) is 13.2. The predicted molar refractivity (Wildman–Crippen MR) is 94.6 cm³/mol. The summed E-state index contributed by atoms with van der Waals surface area (Å²) in [5.41, 5.74) is 1.29. The van der Waals surface area contributed by atoms with Crippen molar-refractivity contribution in [3.8, 4) is 5.69 Å². The van der Waals surface area contributed by atoms with Gasteiger partial charge >= 0.3 is 5.69 Å². The number of hydrogen-bond donors (Lipinski definition) is 1. The molecule has 0 radical (unpaired) electrons. The van der Waals surface area contributed by atoms with Crippen LogP contribution in [-0.2, 0) is 0 Å². The molecule has 0 aliphatic carbocycles. The zero-order chi connectivity index (χ0) is 17.6. The van der Waals surface area contributed by atoms with Gasteiger partial charge in [0, 0.05) is 12.3 Å². The van der Waals surface area contributed by atoms with Gasteiger partial charge < -0.3 is 0 Å². The van der Waals surface area contributed by atoms with Crippen LogP contribution in [0.1, 0.15) is 31.0 Å². The van der Waals surface area contributed by atoms with Crippen LogP contribution in [0.15, 0.2) is 27.9 Å². The maximum absolute atomic E-state index is 12.6. The standard InChI is InChI=1S/C16H14Cl2N4O2/c1-7(2)12-13(8(3)4-5-19-12)22-9-6-10(17)20-14(18)11(9)15(23)21-16(22)24/h4-7H,1-3H3,(H,21,23,24). The summed E-state index contributed by atoms with van der Waals surface area (Å²) in [7, 11) is 0. The molecular weight excluding hydrogens is 351 g/mol. The van der Waals surface area contributed by atoms with E-state index in [-0.39, 0.29) is 21.6 Å². The van der Waals surface area contributed by atoms with Crippen molar-refractivity contribution in [2.24, 2.45) is 0 Å². The third-order valence-electron chi connectivity index (χ3n) is 3.74. The molecule has 0 saturated heterocycles. The van der Waals surface area contributed by atoms with Crippen molar-refractivity contribution in [3.63, 3.8) is 0 Å². The molecule has 3 aromatic rings. The van der Waals surface area contributed by atoms with Crippen LogP contribution in [0.3, 0.4) is 0 Å². The van der Waals surface area contributed by atoms with Gasteiger partial charge in [0.1, 0.15) is 15.7 Å². The minimum atomic E-state index is -0.604. The average molecular weight is 365 g/mol. The van der Waals surface area contributed by atoms with Gasteiger partial charge in [0.25, 0.3) is 5.56 Å². The summed E-state index contributed by atoms with van der Waals surface area (Å²) < 4.78 is 1.38. The van der Waals surface area contributed by atoms with Crippen LogP contribution >= 0.6 is 23.2 Å². The lowest BCUT2D eigenvalue weighted by molar-refractivity contribution is 0.791. The smallest absolute Gasteiger partial charge is 0.273 e. The molecule has 0 aromatic carbocycles. The number of rotatable bonds is 2. The molecule has 6 nitrogen and oxygen atoms in total. The van der Waals surface area contributed by atoms with E-state index in [0.717, 1.165) is 11.3 Å². The summed E-state index contributed by atoms with van der Waals surface area (Å²) in [6.07, 6.45) is 1.69. The average Bonchev–Trinajstić information content (AvgIpc) is 2.47. The minimum Gasteiger partial charge on any atom is -0.273 e. The minimum absolute atomic E-state index is 0.0554. The number of nitrogens with one attached hydrogen (secondary N) is 1. The number of aromatic amines is 1. The van der Waals surface area contributed by atoms with Gasteiger partial charge in [-0.3, -0.25) is 19.3 Å². The van der Waals surface area contributed by atoms with Crippen molar-refractivity contribution in [3.05, 3.63) is 60.7 Å². The number of aryl methyl sites for hydroxylation is 1. The molecule has 8 heteroatoms. The maximum atomic E-state index is 12.6. The second-order valence-electron chi connectivity index (χ2n) is 5.74. The lowest BCUT2D eigenvalue weighted by atomic mass is 10.0. The first-order valence-corrected chi connectivity index (χ1v) is 8.03. The normalized spacial score (nSPS) is 11.4. The largest absolute Gasteiger partial charge is 0.333 e. The summed E-state index contributed by atoms with van der Waals surface area (Å²) in [4.78, 5) is 35.3. The molecule has 0 atom stereocenters. The first-order valence-electron chi connectivity index (χ1n) is 7.28. The Kier molecular flexibility index (Phi) is 4.19. The van der Waals surface area contributed by atoms with Crippen molar-refractivity contribution in [2.45, 2.75) is 26.7 Å². The molecule has 0 spiro atoms. The zero-order valence-corrected chi connectivity index (χ0v) is 14.7. The Morgan fingerprint density at radius 1 is 1.25 bits per heavy atom. The lowest BCUT2D eigenvalue weighted by Gasteiger charge is -2.18. The van der Waals surface area contributed by atoms with Crippen LogP contribution < -0.4 is 11.2 Å². The van der Waals surface area contributed by atoms with E-state index in [4.69, 9.17) is 23.2 Å². The predicted octanol–water partition coefficient (Wildman–Crippen LogP) is 3.21. The molecule has 0 bridgehead atoms. The van der Waals surface area contributed by atoms with Gasteiger partial charge in [0.05, 0.1) is 16.9 Å². The number of H-pyrrole nitrogens is 1. The molecule has 0 amide bonds. The van der Waals surface area contributed by atoms with E-state index in [0.29, 0.717) is 11.2 Å². The van der Waals surface area contributed by atoms with Crippen molar-refractivity contribution < 1.29 is 0 Å². The van der Waals surface area contributed by atoms with Gasteiger partial charge in [-0.25, -0.2) is 9.78 Å². The monoisotopic (exact) mass is 364 g/mol. The van der Waals surface area contributed by atoms with E-state index in [1.165, 1.54) is 10.6 Å².